The van der Waals surface area contributed by atoms with E-state index in [1.54, 1.807) is 6.07 Å². The van der Waals surface area contributed by atoms with Crippen molar-refractivity contribution in [3.63, 3.8) is 0 Å². The van der Waals surface area contributed by atoms with Gasteiger partial charge in [-0.25, -0.2) is 4.99 Å². The minimum Gasteiger partial charge on any atom is -0.507 e. The molecule has 0 amide bonds. The normalized spacial score (nSPS) is 18.3. The maximum absolute atomic E-state index is 11.1. The Bertz CT molecular complexity index is 1900. The molecule has 5 aromatic rings. The van der Waals surface area contributed by atoms with Crippen LogP contribution in [-0.4, -0.2) is 41.4 Å². The van der Waals surface area contributed by atoms with Crippen LogP contribution in [0.15, 0.2) is 108 Å². The van der Waals surface area contributed by atoms with Gasteiger partial charge in [0.1, 0.15) is 18.1 Å². The first kappa shape index (κ1) is 37.4. The minimum absolute atomic E-state index is 0. The summed E-state index contributed by atoms with van der Waals surface area (Å²) >= 11 is 0. The van der Waals surface area contributed by atoms with Gasteiger partial charge in [-0.3, -0.25) is 4.67 Å². The quantitative estimate of drug-likeness (QED) is 0.115. The topological polar surface area (TPSA) is 54.3 Å². The first-order chi connectivity index (χ1) is 24.6. The van der Waals surface area contributed by atoms with Gasteiger partial charge in [-0.1, -0.05) is 105 Å². The fourth-order valence-corrected chi connectivity index (χ4v) is 8.35. The van der Waals surface area contributed by atoms with E-state index in [-0.39, 0.29) is 28.9 Å². The SMILES string of the molecule is CCN(CC)[P@@](Oc1ccc2ccccc2c1-c1c(O)ccc2ccccc12)[C]1[CH][CH][CH][CH]1.[CH]1[CH][CH][C](C2=N[C@@H](Cc3ccccc3)CO2)[CH]1.[Fe+2]. The van der Waals surface area contributed by atoms with Gasteiger partial charge in [-0.15, -0.1) is 0 Å². The van der Waals surface area contributed by atoms with E-state index >= 15 is 0 Å². The van der Waals surface area contributed by atoms with E-state index in [0.717, 1.165) is 69.7 Å². The van der Waals surface area contributed by atoms with Crippen LogP contribution < -0.4 is 4.52 Å². The molecule has 0 bridgehead atoms. The molecule has 2 saturated carbocycles. The van der Waals surface area contributed by atoms with Crippen LogP contribution in [0.4, 0.5) is 0 Å². The van der Waals surface area contributed by atoms with Crippen LogP contribution in [0.5, 0.6) is 11.5 Å². The molecule has 8 rings (SSSR count). The van der Waals surface area contributed by atoms with Crippen molar-refractivity contribution in [3.8, 4) is 22.6 Å². The number of phenolic OH excluding ortho intramolecular Hbond substituents is 1. The Kier molecular flexibility index (Phi) is 13.1. The van der Waals surface area contributed by atoms with Gasteiger partial charge < -0.3 is 14.4 Å². The van der Waals surface area contributed by atoms with Crippen molar-refractivity contribution >= 4 is 35.7 Å². The second-order valence-corrected chi connectivity index (χ2v) is 14.1. The number of ether oxygens (including phenoxy) is 1. The van der Waals surface area contributed by atoms with Crippen molar-refractivity contribution < 1.29 is 31.4 Å². The van der Waals surface area contributed by atoms with Crippen LogP contribution in [0.25, 0.3) is 32.7 Å². The first-order valence-corrected chi connectivity index (χ1v) is 18.5. The summed E-state index contributed by atoms with van der Waals surface area (Å²) in [6.45, 7) is 6.83. The number of hydrogen-bond donors (Lipinski definition) is 1. The Hall–Kier alpha value is -3.40. The van der Waals surface area contributed by atoms with Crippen molar-refractivity contribution in [1.82, 2.24) is 4.67 Å². The number of nitrogens with zero attached hydrogens (tertiary/aromatic N) is 2. The molecule has 10 radical (unpaired) electrons. The zero-order valence-electron chi connectivity index (χ0n) is 28.8. The molecule has 1 heterocycles. The molecule has 0 spiro atoms. The fraction of sp³-hybridized carbons (Fsp3) is 0.159. The third kappa shape index (κ3) is 8.64. The van der Waals surface area contributed by atoms with Crippen molar-refractivity contribution in [2.45, 2.75) is 26.3 Å². The van der Waals surface area contributed by atoms with Crippen LogP contribution in [0.1, 0.15) is 19.4 Å². The number of phenols is 1. The van der Waals surface area contributed by atoms with E-state index in [9.17, 15) is 5.11 Å². The molecule has 0 unspecified atom stereocenters. The predicted molar refractivity (Wildman–Crippen MR) is 207 cm³/mol. The molecule has 7 heteroatoms. The van der Waals surface area contributed by atoms with Gasteiger partial charge >= 0.3 is 17.1 Å². The summed E-state index contributed by atoms with van der Waals surface area (Å²) in [5, 5.41) is 15.4. The third-order valence-corrected chi connectivity index (χ3v) is 11.2. The zero-order chi connectivity index (χ0) is 34.3. The first-order valence-electron chi connectivity index (χ1n) is 17.3. The molecule has 3 aliphatic rings. The van der Waals surface area contributed by atoms with Crippen molar-refractivity contribution in [1.29, 1.82) is 0 Å². The number of fused-ring (bicyclic) bond motifs is 2. The molecule has 256 valence electrons. The Morgan fingerprint density at radius 1 is 0.725 bits per heavy atom. The van der Waals surface area contributed by atoms with Gasteiger partial charge in [0.2, 0.25) is 0 Å². The van der Waals surface area contributed by atoms with Crippen molar-refractivity contribution in [2.75, 3.05) is 19.7 Å². The van der Waals surface area contributed by atoms with Crippen LogP contribution in [0.3, 0.4) is 0 Å². The summed E-state index contributed by atoms with van der Waals surface area (Å²) in [4.78, 5) is 4.62. The summed E-state index contributed by atoms with van der Waals surface area (Å²) in [5.74, 6) is 2.92. The summed E-state index contributed by atoms with van der Waals surface area (Å²) in [6.07, 6.45) is 17.4. The van der Waals surface area contributed by atoms with Crippen LogP contribution in [-0.2, 0) is 28.2 Å². The molecule has 0 aromatic heterocycles. The number of hydrogen-bond acceptors (Lipinski definition) is 5. The van der Waals surface area contributed by atoms with E-state index in [1.807, 2.05) is 62.1 Å². The predicted octanol–water partition coefficient (Wildman–Crippen LogP) is 10.2. The molecule has 2 fully saturated rings. The van der Waals surface area contributed by atoms with E-state index in [1.165, 1.54) is 11.2 Å². The largest absolute Gasteiger partial charge is 2.00 e. The summed E-state index contributed by atoms with van der Waals surface area (Å²) in [5.41, 5.74) is 4.26. The second kappa shape index (κ2) is 17.9. The van der Waals surface area contributed by atoms with Crippen LogP contribution >= 0.6 is 8.30 Å². The number of aromatic hydroxyl groups is 1. The van der Waals surface area contributed by atoms with E-state index in [0.29, 0.717) is 6.61 Å². The monoisotopic (exact) mass is 732 g/mol. The van der Waals surface area contributed by atoms with Crippen LogP contribution in [0.2, 0.25) is 0 Å². The van der Waals surface area contributed by atoms with Gasteiger partial charge in [-0.2, -0.15) is 0 Å². The molecule has 2 aliphatic carbocycles. The van der Waals surface area contributed by atoms with Gasteiger partial charge in [0, 0.05) is 24.2 Å². The molecule has 0 saturated heterocycles. The Morgan fingerprint density at radius 2 is 1.31 bits per heavy atom. The van der Waals surface area contributed by atoms with E-state index in [4.69, 9.17) is 9.26 Å². The summed E-state index contributed by atoms with van der Waals surface area (Å²) in [6, 6.07) is 35.1. The second-order valence-electron chi connectivity index (χ2n) is 12.2. The zero-order valence-corrected chi connectivity index (χ0v) is 30.8. The van der Waals surface area contributed by atoms with Gasteiger partial charge in [0.05, 0.1) is 17.6 Å². The summed E-state index contributed by atoms with van der Waals surface area (Å²) in [7, 11) is -1.02. The maximum atomic E-state index is 11.1. The molecule has 5 nitrogen and oxygen atoms in total. The van der Waals surface area contributed by atoms with Gasteiger partial charge in [0.15, 0.2) is 14.2 Å². The van der Waals surface area contributed by atoms with E-state index < -0.39 is 8.30 Å². The molecule has 2 atom stereocenters. The van der Waals surface area contributed by atoms with Crippen molar-refractivity contribution in [3.05, 3.63) is 172 Å². The smallest absolute Gasteiger partial charge is 0.507 e. The Balaban J connectivity index is 0.000000209. The standard InChI is InChI=1S/C29H27NO2P.C15H14NO.Fe/c1-3-30(4-2)33(23-13-7-8-14-23)32-27-20-18-22-12-6-10-16-25(22)29(27)28-24-15-9-5-11-21(24)17-19-26(28)31;1-2-6-12(7-3-1)10-14-11-17-15(16-14)13-8-4-5-9-13;/h5-20,31H,3-4H2,1-2H3;1-9,14H,10-11H2;/q;;+2/t33-;14-;/m00./s1. The molecule has 51 heavy (non-hydrogen) atoms. The fourth-order valence-electron chi connectivity index (χ4n) is 6.53. The number of aliphatic imine (C=N–C) groups is 1. The van der Waals surface area contributed by atoms with E-state index in [2.05, 4.69) is 110 Å². The maximum Gasteiger partial charge on any atom is 2.00 e. The van der Waals surface area contributed by atoms with Gasteiger partial charge in [-0.05, 0) is 97.0 Å². The average molecular weight is 733 g/mol. The summed E-state index contributed by atoms with van der Waals surface area (Å²) < 4.78 is 14.9. The number of rotatable bonds is 10. The Morgan fingerprint density at radius 3 is 1.98 bits per heavy atom. The third-order valence-electron chi connectivity index (χ3n) is 9.02. The van der Waals surface area contributed by atoms with Crippen molar-refractivity contribution in [2.24, 2.45) is 4.99 Å². The average Bonchev–Trinajstić information content (AvgIpc) is 3.97. The molecule has 1 aliphatic heterocycles. The Labute approximate surface area is 315 Å². The molecule has 1 N–H and O–H groups in total. The molecular weight excluding hydrogens is 691 g/mol. The van der Waals surface area contributed by atoms with Gasteiger partial charge in [0.25, 0.3) is 0 Å². The van der Waals surface area contributed by atoms with Crippen LogP contribution in [0, 0.1) is 62.9 Å². The number of benzene rings is 5. The molecular formula is C44H41FeN2O3P+2. The molecule has 5 aromatic carbocycles. The minimum atomic E-state index is -1.02.